The second kappa shape index (κ2) is 9.59. The first-order valence-electron chi connectivity index (χ1n) is 10.0. The second-order valence-corrected chi connectivity index (χ2v) is 8.13. The van der Waals surface area contributed by atoms with E-state index < -0.39 is 0 Å². The molecule has 4 aromatic rings. The molecule has 0 aliphatic carbocycles. The maximum atomic E-state index is 12.4. The van der Waals surface area contributed by atoms with E-state index in [-0.39, 0.29) is 5.91 Å². The number of benzene rings is 2. The van der Waals surface area contributed by atoms with Gasteiger partial charge in [0.15, 0.2) is 0 Å². The fourth-order valence-corrected chi connectivity index (χ4v) is 4.20. The van der Waals surface area contributed by atoms with E-state index in [1.165, 1.54) is 5.56 Å². The maximum absolute atomic E-state index is 12.4. The molecule has 2 heterocycles. The van der Waals surface area contributed by atoms with Gasteiger partial charge in [-0.15, -0.1) is 11.8 Å². The zero-order valence-corrected chi connectivity index (χ0v) is 17.7. The number of nitrogens with one attached hydrogen (secondary N) is 1. The summed E-state index contributed by atoms with van der Waals surface area (Å²) in [5, 5.41) is 3.02. The molecule has 0 atom stereocenters. The average Bonchev–Trinajstić information content (AvgIpc) is 3.11. The van der Waals surface area contributed by atoms with Crippen LogP contribution in [-0.4, -0.2) is 27.0 Å². The summed E-state index contributed by atoms with van der Waals surface area (Å²) in [6, 6.07) is 19.9. The Morgan fingerprint density at radius 3 is 2.70 bits per heavy atom. The van der Waals surface area contributed by atoms with Crippen molar-refractivity contribution < 1.29 is 4.79 Å². The molecule has 2 aromatic heterocycles. The van der Waals surface area contributed by atoms with E-state index in [2.05, 4.69) is 32.0 Å². The van der Waals surface area contributed by atoms with Crippen LogP contribution >= 0.6 is 11.8 Å². The molecule has 152 valence electrons. The number of amides is 1. The third kappa shape index (κ3) is 4.89. The van der Waals surface area contributed by atoms with Gasteiger partial charge in [0.2, 0.25) is 0 Å². The first-order valence-corrected chi connectivity index (χ1v) is 11.0. The molecule has 0 fully saturated rings. The highest BCUT2D eigenvalue weighted by Crippen LogP contribution is 2.22. The maximum Gasteiger partial charge on any atom is 0.251 e. The van der Waals surface area contributed by atoms with Crippen LogP contribution in [0.25, 0.3) is 11.0 Å². The van der Waals surface area contributed by atoms with Crippen molar-refractivity contribution >= 4 is 28.7 Å². The van der Waals surface area contributed by atoms with Gasteiger partial charge >= 0.3 is 0 Å². The summed E-state index contributed by atoms with van der Waals surface area (Å²) in [6.45, 7) is 3.48. The highest BCUT2D eigenvalue weighted by atomic mass is 32.2. The Balaban J connectivity index is 1.25. The van der Waals surface area contributed by atoms with Crippen LogP contribution in [0.1, 0.15) is 28.2 Å². The first kappa shape index (κ1) is 20.2. The van der Waals surface area contributed by atoms with E-state index in [1.807, 2.05) is 61.7 Å². The van der Waals surface area contributed by atoms with Gasteiger partial charge in [-0.3, -0.25) is 9.78 Å². The summed E-state index contributed by atoms with van der Waals surface area (Å²) in [5.74, 6) is 1.83. The second-order valence-electron chi connectivity index (χ2n) is 7.08. The Morgan fingerprint density at radius 2 is 1.90 bits per heavy atom. The van der Waals surface area contributed by atoms with E-state index in [4.69, 9.17) is 0 Å². The number of pyridine rings is 1. The number of rotatable bonds is 8. The number of para-hydroxylation sites is 2. The molecule has 1 amide bonds. The summed E-state index contributed by atoms with van der Waals surface area (Å²) in [7, 11) is 0. The molecule has 1 N–H and O–H groups in total. The Hall–Kier alpha value is -3.12. The van der Waals surface area contributed by atoms with Crippen molar-refractivity contribution in [2.75, 3.05) is 6.54 Å². The van der Waals surface area contributed by atoms with Gasteiger partial charge in [-0.25, -0.2) is 4.98 Å². The highest BCUT2D eigenvalue weighted by molar-refractivity contribution is 7.98. The number of fused-ring (bicyclic) bond motifs is 1. The van der Waals surface area contributed by atoms with Crippen LogP contribution in [-0.2, 0) is 12.3 Å². The molecule has 0 aliphatic rings. The monoisotopic (exact) mass is 416 g/mol. The average molecular weight is 417 g/mol. The fourth-order valence-electron chi connectivity index (χ4n) is 3.37. The van der Waals surface area contributed by atoms with Crippen molar-refractivity contribution in [1.29, 1.82) is 0 Å². The van der Waals surface area contributed by atoms with Gasteiger partial charge in [0.25, 0.3) is 5.91 Å². The Morgan fingerprint density at radius 1 is 1.07 bits per heavy atom. The summed E-state index contributed by atoms with van der Waals surface area (Å²) in [4.78, 5) is 22.3. The van der Waals surface area contributed by atoms with Gasteiger partial charge in [-0.2, -0.15) is 0 Å². The van der Waals surface area contributed by atoms with Gasteiger partial charge in [-0.05, 0) is 61.4 Å². The molecule has 4 rings (SSSR count). The molecule has 2 aromatic carbocycles. The van der Waals surface area contributed by atoms with Gasteiger partial charge < -0.3 is 9.88 Å². The SMILES string of the molecule is Cc1nc2ccccc2n1CCCNC(=O)c1ccc(SCc2cccnc2)cc1. The van der Waals surface area contributed by atoms with E-state index >= 15 is 0 Å². The Bertz CT molecular complexity index is 1120. The number of thioether (sulfide) groups is 1. The minimum Gasteiger partial charge on any atom is -0.352 e. The van der Waals surface area contributed by atoms with E-state index in [0.717, 1.165) is 40.5 Å². The highest BCUT2D eigenvalue weighted by Gasteiger charge is 2.08. The number of carbonyl (C=O) groups is 1. The van der Waals surface area contributed by atoms with Crippen molar-refractivity contribution in [3.63, 3.8) is 0 Å². The lowest BCUT2D eigenvalue weighted by Gasteiger charge is -2.09. The van der Waals surface area contributed by atoms with Crippen molar-refractivity contribution in [2.45, 2.75) is 30.5 Å². The number of aromatic nitrogens is 3. The van der Waals surface area contributed by atoms with Crippen LogP contribution in [0.2, 0.25) is 0 Å². The zero-order chi connectivity index (χ0) is 20.8. The summed E-state index contributed by atoms with van der Waals surface area (Å²) in [5.41, 5.74) is 4.02. The fraction of sp³-hybridized carbons (Fsp3) is 0.208. The van der Waals surface area contributed by atoms with Gasteiger partial charge in [0, 0.05) is 41.7 Å². The predicted molar refractivity (Wildman–Crippen MR) is 122 cm³/mol. The molecule has 0 saturated carbocycles. The summed E-state index contributed by atoms with van der Waals surface area (Å²) in [6.07, 6.45) is 4.51. The molecule has 0 bridgehead atoms. The lowest BCUT2D eigenvalue weighted by molar-refractivity contribution is 0.0952. The number of aryl methyl sites for hydroxylation is 2. The van der Waals surface area contributed by atoms with E-state index in [9.17, 15) is 4.79 Å². The van der Waals surface area contributed by atoms with Crippen molar-refractivity contribution in [2.24, 2.45) is 0 Å². The number of hydrogen-bond acceptors (Lipinski definition) is 4. The van der Waals surface area contributed by atoms with Gasteiger partial charge in [0.05, 0.1) is 11.0 Å². The smallest absolute Gasteiger partial charge is 0.251 e. The molecule has 5 nitrogen and oxygen atoms in total. The van der Waals surface area contributed by atoms with Crippen LogP contribution in [0, 0.1) is 6.92 Å². The Kier molecular flexibility index (Phi) is 6.44. The molecule has 6 heteroatoms. The van der Waals surface area contributed by atoms with Crippen molar-refractivity contribution in [1.82, 2.24) is 19.9 Å². The topological polar surface area (TPSA) is 59.8 Å². The number of nitrogens with zero attached hydrogens (tertiary/aromatic N) is 3. The molecule has 0 radical (unpaired) electrons. The zero-order valence-electron chi connectivity index (χ0n) is 16.9. The van der Waals surface area contributed by atoms with Crippen LogP contribution in [0.4, 0.5) is 0 Å². The summed E-state index contributed by atoms with van der Waals surface area (Å²) >= 11 is 1.74. The number of hydrogen-bond donors (Lipinski definition) is 1. The standard InChI is InChI=1S/C24H24N4OS/c1-18-27-22-7-2-3-8-23(22)28(18)15-5-14-26-24(29)20-9-11-21(12-10-20)30-17-19-6-4-13-25-16-19/h2-4,6-13,16H,5,14-15,17H2,1H3,(H,26,29). The molecule has 0 saturated heterocycles. The molecule has 0 aliphatic heterocycles. The minimum atomic E-state index is -0.0361. The minimum absolute atomic E-state index is 0.0361. The van der Waals surface area contributed by atoms with Gasteiger partial charge in [0.1, 0.15) is 5.82 Å². The van der Waals surface area contributed by atoms with Crippen LogP contribution < -0.4 is 5.32 Å². The molecular formula is C24H24N4OS. The molecule has 0 unspecified atom stereocenters. The first-order chi connectivity index (χ1) is 14.7. The Labute approximate surface area is 180 Å². The van der Waals surface area contributed by atoms with Crippen LogP contribution in [0.15, 0.2) is 78.0 Å². The van der Waals surface area contributed by atoms with Crippen LogP contribution in [0.3, 0.4) is 0 Å². The number of carbonyl (C=O) groups excluding carboxylic acids is 1. The lowest BCUT2D eigenvalue weighted by Crippen LogP contribution is -2.25. The van der Waals surface area contributed by atoms with Gasteiger partial charge in [-0.1, -0.05) is 18.2 Å². The molecular weight excluding hydrogens is 392 g/mol. The normalized spacial score (nSPS) is 11.0. The molecule has 0 spiro atoms. The largest absolute Gasteiger partial charge is 0.352 e. The third-order valence-corrected chi connectivity index (χ3v) is 6.02. The predicted octanol–water partition coefficient (Wildman–Crippen LogP) is 4.85. The lowest BCUT2D eigenvalue weighted by atomic mass is 10.2. The van der Waals surface area contributed by atoms with Crippen molar-refractivity contribution in [3.8, 4) is 0 Å². The quantitative estimate of drug-likeness (QED) is 0.329. The van der Waals surface area contributed by atoms with E-state index in [1.54, 1.807) is 18.0 Å². The van der Waals surface area contributed by atoms with E-state index in [0.29, 0.717) is 12.1 Å². The molecule has 30 heavy (non-hydrogen) atoms. The summed E-state index contributed by atoms with van der Waals surface area (Å²) < 4.78 is 2.20. The third-order valence-electron chi connectivity index (χ3n) is 4.93. The number of imidazole rings is 1. The van der Waals surface area contributed by atoms with Crippen molar-refractivity contribution in [3.05, 3.63) is 90.0 Å². The van der Waals surface area contributed by atoms with Crippen LogP contribution in [0.5, 0.6) is 0 Å².